The van der Waals surface area contributed by atoms with Gasteiger partial charge >= 0.3 is 0 Å². The van der Waals surface area contributed by atoms with Gasteiger partial charge in [-0.3, -0.25) is 4.79 Å². The van der Waals surface area contributed by atoms with E-state index < -0.39 is 23.4 Å². The van der Waals surface area contributed by atoms with Crippen molar-refractivity contribution in [1.82, 2.24) is 0 Å². The third kappa shape index (κ3) is 3.09. The van der Waals surface area contributed by atoms with E-state index in [4.69, 9.17) is 5.73 Å². The minimum atomic E-state index is -1.06. The van der Waals surface area contributed by atoms with Crippen LogP contribution in [0.15, 0.2) is 36.4 Å². The number of anilines is 2. The van der Waals surface area contributed by atoms with Gasteiger partial charge in [0.1, 0.15) is 5.82 Å². The first kappa shape index (κ1) is 13.9. The molecule has 0 heterocycles. The quantitative estimate of drug-likeness (QED) is 0.849. The molecule has 104 valence electrons. The topological polar surface area (TPSA) is 55.1 Å². The summed E-state index contributed by atoms with van der Waals surface area (Å²) in [6, 6.07) is 7.35. The van der Waals surface area contributed by atoms with E-state index in [2.05, 4.69) is 5.32 Å². The Morgan fingerprint density at radius 3 is 2.55 bits per heavy atom. The molecule has 2 aromatic rings. The second-order valence-corrected chi connectivity index (χ2v) is 4.17. The van der Waals surface area contributed by atoms with Crippen molar-refractivity contribution in [2.45, 2.75) is 6.42 Å². The van der Waals surface area contributed by atoms with Gasteiger partial charge in [-0.05, 0) is 24.3 Å². The number of hydrogen-bond donors (Lipinski definition) is 2. The average molecular weight is 280 g/mol. The van der Waals surface area contributed by atoms with Gasteiger partial charge < -0.3 is 11.1 Å². The van der Waals surface area contributed by atoms with Crippen molar-refractivity contribution >= 4 is 17.3 Å². The van der Waals surface area contributed by atoms with Gasteiger partial charge in [-0.2, -0.15) is 0 Å². The van der Waals surface area contributed by atoms with Crippen LogP contribution >= 0.6 is 0 Å². The van der Waals surface area contributed by atoms with Crippen molar-refractivity contribution < 1.29 is 18.0 Å². The highest BCUT2D eigenvalue weighted by Gasteiger charge is 2.12. The number of carbonyl (C=O) groups is 1. The normalized spacial score (nSPS) is 10.3. The fourth-order valence-electron chi connectivity index (χ4n) is 1.67. The molecule has 0 saturated heterocycles. The van der Waals surface area contributed by atoms with Gasteiger partial charge in [-0.15, -0.1) is 0 Å². The van der Waals surface area contributed by atoms with Gasteiger partial charge in [0.15, 0.2) is 11.6 Å². The van der Waals surface area contributed by atoms with E-state index in [9.17, 15) is 18.0 Å². The zero-order chi connectivity index (χ0) is 14.7. The zero-order valence-corrected chi connectivity index (χ0v) is 10.3. The standard InChI is InChI=1S/C14H11F3N2O/c15-10-3-1-2-8(14(10)17)6-13(20)19-9-4-5-12(18)11(16)7-9/h1-5,7H,6,18H2,(H,19,20). The number of nitrogens with one attached hydrogen (secondary N) is 1. The van der Waals surface area contributed by atoms with Crippen LogP contribution in [0.2, 0.25) is 0 Å². The Morgan fingerprint density at radius 1 is 1.10 bits per heavy atom. The summed E-state index contributed by atoms with van der Waals surface area (Å²) >= 11 is 0. The van der Waals surface area contributed by atoms with Gasteiger partial charge in [0, 0.05) is 11.3 Å². The highest BCUT2D eigenvalue weighted by molar-refractivity contribution is 5.92. The van der Waals surface area contributed by atoms with E-state index in [1.165, 1.54) is 24.3 Å². The third-order valence-electron chi connectivity index (χ3n) is 2.67. The molecule has 0 aliphatic rings. The van der Waals surface area contributed by atoms with Crippen LogP contribution in [0.25, 0.3) is 0 Å². The van der Waals surface area contributed by atoms with Crippen molar-refractivity contribution in [2.75, 3.05) is 11.1 Å². The van der Waals surface area contributed by atoms with Crippen LogP contribution in [0.5, 0.6) is 0 Å². The molecule has 0 aliphatic carbocycles. The molecular formula is C14H11F3N2O. The Labute approximate surface area is 113 Å². The second kappa shape index (κ2) is 5.64. The van der Waals surface area contributed by atoms with E-state index in [-0.39, 0.29) is 23.4 Å². The fraction of sp³-hybridized carbons (Fsp3) is 0.0714. The summed E-state index contributed by atoms with van der Waals surface area (Å²) in [4.78, 5) is 11.7. The zero-order valence-electron chi connectivity index (χ0n) is 10.3. The largest absolute Gasteiger partial charge is 0.396 e. The molecule has 2 aromatic carbocycles. The lowest BCUT2D eigenvalue weighted by atomic mass is 10.1. The summed E-state index contributed by atoms with van der Waals surface area (Å²) in [7, 11) is 0. The predicted molar refractivity (Wildman–Crippen MR) is 69.5 cm³/mol. The number of rotatable bonds is 3. The molecule has 0 atom stereocenters. The first-order chi connectivity index (χ1) is 9.47. The molecular weight excluding hydrogens is 269 g/mol. The smallest absolute Gasteiger partial charge is 0.228 e. The highest BCUT2D eigenvalue weighted by atomic mass is 19.2. The highest BCUT2D eigenvalue weighted by Crippen LogP contribution is 2.17. The monoisotopic (exact) mass is 280 g/mol. The lowest BCUT2D eigenvalue weighted by molar-refractivity contribution is -0.115. The van der Waals surface area contributed by atoms with Crippen molar-refractivity contribution in [3.63, 3.8) is 0 Å². The van der Waals surface area contributed by atoms with Crippen molar-refractivity contribution in [2.24, 2.45) is 0 Å². The summed E-state index contributed by atoms with van der Waals surface area (Å²) in [6.07, 6.45) is -0.352. The van der Waals surface area contributed by atoms with Gasteiger partial charge in [-0.1, -0.05) is 12.1 Å². The van der Waals surface area contributed by atoms with Crippen LogP contribution in [0.1, 0.15) is 5.56 Å². The number of benzene rings is 2. The number of hydrogen-bond acceptors (Lipinski definition) is 2. The molecule has 6 heteroatoms. The summed E-state index contributed by atoms with van der Waals surface area (Å²) in [5.41, 5.74) is 5.38. The van der Waals surface area contributed by atoms with Crippen LogP contribution in [0, 0.1) is 17.5 Å². The Bertz CT molecular complexity index is 659. The Hall–Kier alpha value is -2.50. The van der Waals surface area contributed by atoms with Gasteiger partial charge in [0.05, 0.1) is 12.1 Å². The molecule has 0 radical (unpaired) electrons. The average Bonchev–Trinajstić information content (AvgIpc) is 2.39. The number of carbonyl (C=O) groups excluding carboxylic acids is 1. The molecule has 0 aromatic heterocycles. The van der Waals surface area contributed by atoms with Gasteiger partial charge in [-0.25, -0.2) is 13.2 Å². The van der Waals surface area contributed by atoms with Crippen LogP contribution in [-0.4, -0.2) is 5.91 Å². The lowest BCUT2D eigenvalue weighted by Gasteiger charge is -2.07. The van der Waals surface area contributed by atoms with Crippen molar-refractivity contribution in [3.8, 4) is 0 Å². The molecule has 2 rings (SSSR count). The van der Waals surface area contributed by atoms with E-state index in [1.54, 1.807) is 0 Å². The van der Waals surface area contributed by atoms with Crippen LogP contribution in [-0.2, 0) is 11.2 Å². The molecule has 1 amide bonds. The van der Waals surface area contributed by atoms with Gasteiger partial charge in [0.25, 0.3) is 0 Å². The van der Waals surface area contributed by atoms with Crippen LogP contribution in [0.3, 0.4) is 0 Å². The summed E-state index contributed by atoms with van der Waals surface area (Å²) in [5.74, 6) is -3.33. The predicted octanol–water partition coefficient (Wildman–Crippen LogP) is 2.87. The summed E-state index contributed by atoms with van der Waals surface area (Å²) < 4.78 is 39.6. The van der Waals surface area contributed by atoms with E-state index in [0.29, 0.717) is 0 Å². The number of halogens is 3. The maximum atomic E-state index is 13.4. The number of nitrogens with two attached hydrogens (primary N) is 1. The van der Waals surface area contributed by atoms with Crippen molar-refractivity contribution in [3.05, 3.63) is 59.4 Å². The number of nitrogen functional groups attached to an aromatic ring is 1. The first-order valence-electron chi connectivity index (χ1n) is 5.75. The van der Waals surface area contributed by atoms with Crippen LogP contribution < -0.4 is 11.1 Å². The molecule has 0 saturated carbocycles. The lowest BCUT2D eigenvalue weighted by Crippen LogP contribution is -2.15. The Balaban J connectivity index is 2.09. The van der Waals surface area contributed by atoms with Crippen LogP contribution in [0.4, 0.5) is 24.5 Å². The first-order valence-corrected chi connectivity index (χ1v) is 5.75. The summed E-state index contributed by atoms with van der Waals surface area (Å²) in [6.45, 7) is 0. The summed E-state index contributed by atoms with van der Waals surface area (Å²) in [5, 5.41) is 2.38. The minimum absolute atomic E-state index is 0.0424. The van der Waals surface area contributed by atoms with E-state index in [0.717, 1.165) is 12.1 Å². The second-order valence-electron chi connectivity index (χ2n) is 4.17. The van der Waals surface area contributed by atoms with Crippen molar-refractivity contribution in [1.29, 1.82) is 0 Å². The molecule has 0 bridgehead atoms. The van der Waals surface area contributed by atoms with E-state index in [1.807, 2.05) is 0 Å². The maximum absolute atomic E-state index is 13.4. The molecule has 0 fully saturated rings. The minimum Gasteiger partial charge on any atom is -0.396 e. The molecule has 0 unspecified atom stereocenters. The Morgan fingerprint density at radius 2 is 1.85 bits per heavy atom. The third-order valence-corrected chi connectivity index (χ3v) is 2.67. The Kier molecular flexibility index (Phi) is 3.93. The molecule has 20 heavy (non-hydrogen) atoms. The molecule has 3 nitrogen and oxygen atoms in total. The molecule has 0 spiro atoms. The molecule has 3 N–H and O–H groups in total. The molecule has 0 aliphatic heterocycles. The maximum Gasteiger partial charge on any atom is 0.228 e. The number of amides is 1. The fourth-order valence-corrected chi connectivity index (χ4v) is 1.67. The van der Waals surface area contributed by atoms with E-state index >= 15 is 0 Å². The SMILES string of the molecule is Nc1ccc(NC(=O)Cc2cccc(F)c2F)cc1F. The van der Waals surface area contributed by atoms with Gasteiger partial charge in [0.2, 0.25) is 5.91 Å².